The fourth-order valence-corrected chi connectivity index (χ4v) is 2.92. The van der Waals surface area contributed by atoms with Crippen LogP contribution >= 0.6 is 11.3 Å². The van der Waals surface area contributed by atoms with Crippen LogP contribution in [0.4, 0.5) is 0 Å². The lowest BCUT2D eigenvalue weighted by atomic mass is 10.2. The average Bonchev–Trinajstić information content (AvgIpc) is 2.93. The van der Waals surface area contributed by atoms with Crippen LogP contribution in [0.1, 0.15) is 34.2 Å². The Bertz CT molecular complexity index is 833. The van der Waals surface area contributed by atoms with Gasteiger partial charge in [0, 0.05) is 38.3 Å². The van der Waals surface area contributed by atoms with E-state index in [1.165, 1.54) is 41.0 Å². The van der Waals surface area contributed by atoms with Gasteiger partial charge in [-0.15, -0.1) is 11.3 Å². The van der Waals surface area contributed by atoms with Crippen molar-refractivity contribution in [3.05, 3.63) is 48.7 Å². The van der Waals surface area contributed by atoms with Crippen LogP contribution in [0.3, 0.4) is 0 Å². The maximum Gasteiger partial charge on any atom is 0.331 e. The highest BCUT2D eigenvalue weighted by Gasteiger charge is 2.24. The number of hydrogen-bond donors (Lipinski definition) is 0. The molecule has 7 nitrogen and oxygen atoms in total. The molecule has 2 aromatic rings. The van der Waals surface area contributed by atoms with E-state index >= 15 is 0 Å². The molecule has 0 aliphatic rings. The molecule has 118 valence electrons. The smallest absolute Gasteiger partial charge is 0.331 e. The van der Waals surface area contributed by atoms with Gasteiger partial charge in [0.25, 0.3) is 11.5 Å². The Hall–Kier alpha value is -2.22. The van der Waals surface area contributed by atoms with Crippen LogP contribution in [0, 0.1) is 6.92 Å². The molecule has 0 bridgehead atoms. The summed E-state index contributed by atoms with van der Waals surface area (Å²) in [5.41, 5.74) is -0.0657. The zero-order valence-electron chi connectivity index (χ0n) is 13.2. The third kappa shape index (κ3) is 2.74. The van der Waals surface area contributed by atoms with Crippen LogP contribution in [0.2, 0.25) is 0 Å². The summed E-state index contributed by atoms with van der Waals surface area (Å²) < 4.78 is 2.14. The maximum atomic E-state index is 12.6. The first-order valence-electron chi connectivity index (χ1n) is 6.70. The van der Waals surface area contributed by atoms with Crippen LogP contribution in [0.25, 0.3) is 0 Å². The van der Waals surface area contributed by atoms with E-state index in [0.29, 0.717) is 0 Å². The Morgan fingerprint density at radius 3 is 2.50 bits per heavy atom. The number of rotatable bonds is 3. The second-order valence-corrected chi connectivity index (χ2v) is 6.08. The van der Waals surface area contributed by atoms with Gasteiger partial charge >= 0.3 is 5.69 Å². The van der Waals surface area contributed by atoms with Crippen molar-refractivity contribution in [2.75, 3.05) is 7.05 Å². The normalized spacial score (nSPS) is 12.2. The third-order valence-corrected chi connectivity index (χ3v) is 4.77. The van der Waals surface area contributed by atoms with Gasteiger partial charge in [0.1, 0.15) is 10.7 Å². The highest BCUT2D eigenvalue weighted by atomic mass is 32.1. The van der Waals surface area contributed by atoms with E-state index in [2.05, 4.69) is 4.98 Å². The molecule has 0 unspecified atom stereocenters. The summed E-state index contributed by atoms with van der Waals surface area (Å²) in [7, 11) is 4.48. The van der Waals surface area contributed by atoms with Gasteiger partial charge in [0.2, 0.25) is 0 Å². The minimum absolute atomic E-state index is 0.0655. The Morgan fingerprint density at radius 1 is 1.32 bits per heavy atom. The van der Waals surface area contributed by atoms with Crippen molar-refractivity contribution in [2.24, 2.45) is 14.1 Å². The molecular formula is C14H18N4O3S. The van der Waals surface area contributed by atoms with Crippen molar-refractivity contribution < 1.29 is 4.79 Å². The maximum absolute atomic E-state index is 12.6. The van der Waals surface area contributed by atoms with Gasteiger partial charge in [0.05, 0.1) is 6.04 Å². The summed E-state index contributed by atoms with van der Waals surface area (Å²) in [6.45, 7) is 3.74. The number of aryl methyl sites for hydroxylation is 1. The lowest BCUT2D eigenvalue weighted by Crippen LogP contribution is -2.42. The van der Waals surface area contributed by atoms with Gasteiger partial charge < -0.3 is 4.90 Å². The van der Waals surface area contributed by atoms with Gasteiger partial charge in [-0.25, -0.2) is 9.78 Å². The lowest BCUT2D eigenvalue weighted by molar-refractivity contribution is 0.0730. The molecule has 2 heterocycles. The number of thiazole rings is 1. The number of nitrogens with zero attached hydrogens (tertiary/aromatic N) is 4. The van der Waals surface area contributed by atoms with Crippen molar-refractivity contribution in [3.63, 3.8) is 0 Å². The molecule has 0 fully saturated rings. The molecule has 0 aromatic carbocycles. The van der Waals surface area contributed by atoms with Gasteiger partial charge in [-0.05, 0) is 13.8 Å². The minimum atomic E-state index is -0.526. The number of amides is 1. The molecule has 0 radical (unpaired) electrons. The first-order valence-corrected chi connectivity index (χ1v) is 7.58. The van der Waals surface area contributed by atoms with Crippen molar-refractivity contribution in [1.82, 2.24) is 19.0 Å². The molecule has 8 heteroatoms. The van der Waals surface area contributed by atoms with E-state index in [4.69, 9.17) is 0 Å². The topological polar surface area (TPSA) is 77.2 Å². The fourth-order valence-electron chi connectivity index (χ4n) is 2.02. The first kappa shape index (κ1) is 16.2. The fraction of sp³-hybridized carbons (Fsp3) is 0.429. The molecule has 0 aliphatic carbocycles. The van der Waals surface area contributed by atoms with Crippen LogP contribution in [0.5, 0.6) is 0 Å². The average molecular weight is 322 g/mol. The molecule has 0 saturated carbocycles. The predicted octanol–water partition coefficient (Wildman–Crippen LogP) is 0.682. The Balaban J connectivity index is 2.40. The van der Waals surface area contributed by atoms with Gasteiger partial charge in [-0.3, -0.25) is 18.7 Å². The summed E-state index contributed by atoms with van der Waals surface area (Å²) >= 11 is 1.47. The Labute approximate surface area is 131 Å². The molecule has 0 saturated heterocycles. The molecule has 2 aromatic heterocycles. The van der Waals surface area contributed by atoms with E-state index in [-0.39, 0.29) is 11.7 Å². The van der Waals surface area contributed by atoms with Gasteiger partial charge in [0.15, 0.2) is 0 Å². The number of carbonyl (C=O) groups is 1. The predicted molar refractivity (Wildman–Crippen MR) is 84.3 cm³/mol. The van der Waals surface area contributed by atoms with E-state index < -0.39 is 17.2 Å². The zero-order chi connectivity index (χ0) is 16.6. The molecular weight excluding hydrogens is 304 g/mol. The van der Waals surface area contributed by atoms with E-state index in [1.807, 2.05) is 19.2 Å². The third-order valence-electron chi connectivity index (χ3n) is 3.64. The van der Waals surface area contributed by atoms with E-state index in [9.17, 15) is 14.4 Å². The van der Waals surface area contributed by atoms with Crippen molar-refractivity contribution >= 4 is 17.2 Å². The van der Waals surface area contributed by atoms with E-state index in [0.717, 1.165) is 15.3 Å². The van der Waals surface area contributed by atoms with Crippen molar-refractivity contribution in [3.8, 4) is 0 Å². The monoisotopic (exact) mass is 322 g/mol. The number of aromatic nitrogens is 3. The molecule has 2 rings (SSSR count). The summed E-state index contributed by atoms with van der Waals surface area (Å²) in [5.74, 6) is -0.391. The second kappa shape index (κ2) is 5.88. The Morgan fingerprint density at radius 2 is 1.95 bits per heavy atom. The zero-order valence-corrected chi connectivity index (χ0v) is 14.0. The van der Waals surface area contributed by atoms with Gasteiger partial charge in [-0.2, -0.15) is 0 Å². The van der Waals surface area contributed by atoms with Crippen LogP contribution in [0.15, 0.2) is 21.0 Å². The van der Waals surface area contributed by atoms with Crippen molar-refractivity contribution in [1.29, 1.82) is 0 Å². The summed E-state index contributed by atoms with van der Waals surface area (Å²) in [6.07, 6.45) is 0. The Kier molecular flexibility index (Phi) is 4.32. The molecule has 0 N–H and O–H groups in total. The number of hydrogen-bond acceptors (Lipinski definition) is 5. The molecule has 1 amide bonds. The summed E-state index contributed by atoms with van der Waals surface area (Å²) in [5, 5.41) is 2.72. The summed E-state index contributed by atoms with van der Waals surface area (Å²) in [4.78, 5) is 42.1. The van der Waals surface area contributed by atoms with Crippen LogP contribution in [-0.4, -0.2) is 32.0 Å². The van der Waals surface area contributed by atoms with Crippen LogP contribution < -0.4 is 11.2 Å². The van der Waals surface area contributed by atoms with E-state index in [1.54, 1.807) is 7.05 Å². The number of carbonyl (C=O) groups excluding carboxylic acids is 1. The first-order chi connectivity index (χ1) is 10.2. The second-order valence-electron chi connectivity index (χ2n) is 5.19. The summed E-state index contributed by atoms with van der Waals surface area (Å²) in [6, 6.07) is 0.936. The standard InChI is InChI=1S/C14H18N4O3S/c1-8-7-22-12(15-8)9(2)16(3)13(20)10-6-11(19)18(5)14(21)17(10)4/h6-7,9H,1-5H3/t9-/m0/s1. The highest BCUT2D eigenvalue weighted by molar-refractivity contribution is 7.09. The minimum Gasteiger partial charge on any atom is -0.331 e. The van der Waals surface area contributed by atoms with Gasteiger partial charge in [-0.1, -0.05) is 0 Å². The SMILES string of the molecule is Cc1csc([C@H](C)N(C)C(=O)c2cc(=O)n(C)c(=O)n2C)n1. The van der Waals surface area contributed by atoms with Crippen molar-refractivity contribution in [2.45, 2.75) is 19.9 Å². The lowest BCUT2D eigenvalue weighted by Gasteiger charge is -2.24. The molecule has 0 spiro atoms. The van der Waals surface area contributed by atoms with Crippen LogP contribution in [-0.2, 0) is 14.1 Å². The largest absolute Gasteiger partial charge is 0.331 e. The quantitative estimate of drug-likeness (QED) is 0.833. The molecule has 0 aliphatic heterocycles. The molecule has 22 heavy (non-hydrogen) atoms. The molecule has 1 atom stereocenters. The highest BCUT2D eigenvalue weighted by Crippen LogP contribution is 2.23.